The molecule has 0 heterocycles. The van der Waals surface area contributed by atoms with Gasteiger partial charge in [0.1, 0.15) is 5.75 Å². The lowest BCUT2D eigenvalue weighted by Crippen LogP contribution is -2.12. The highest BCUT2D eigenvalue weighted by Crippen LogP contribution is 2.28. The van der Waals surface area contributed by atoms with Crippen LogP contribution in [0.4, 0.5) is 0 Å². The molecule has 21 heavy (non-hydrogen) atoms. The van der Waals surface area contributed by atoms with Gasteiger partial charge < -0.3 is 9.29 Å². The van der Waals surface area contributed by atoms with Gasteiger partial charge >= 0.3 is 5.97 Å². The first kappa shape index (κ1) is 15.7. The van der Waals surface area contributed by atoms with Crippen molar-refractivity contribution in [3.8, 4) is 5.75 Å². The summed E-state index contributed by atoms with van der Waals surface area (Å²) in [6, 6.07) is 13.7. The molecule has 2 aromatic carbocycles. The fourth-order valence-electron chi connectivity index (χ4n) is 1.91. The van der Waals surface area contributed by atoms with Gasteiger partial charge in [0.2, 0.25) is 0 Å². The van der Waals surface area contributed by atoms with E-state index in [0.29, 0.717) is 11.4 Å². The first-order valence-corrected chi connectivity index (χ1v) is 7.65. The SMILES string of the molecule is CCC(C(=O)OSc1ccc(O)cc1)c1cccc(Cl)c1. The fourth-order valence-corrected chi connectivity index (χ4v) is 2.65. The van der Waals surface area contributed by atoms with Crippen LogP contribution in [0.15, 0.2) is 53.4 Å². The van der Waals surface area contributed by atoms with Crippen LogP contribution in [0.5, 0.6) is 5.75 Å². The monoisotopic (exact) mass is 322 g/mol. The van der Waals surface area contributed by atoms with Crippen molar-refractivity contribution in [2.75, 3.05) is 0 Å². The van der Waals surface area contributed by atoms with Crippen LogP contribution in [-0.2, 0) is 8.98 Å². The number of benzene rings is 2. The lowest BCUT2D eigenvalue weighted by Gasteiger charge is -2.13. The molecule has 0 aliphatic carbocycles. The Morgan fingerprint density at radius 2 is 2.00 bits per heavy atom. The van der Waals surface area contributed by atoms with E-state index in [4.69, 9.17) is 15.8 Å². The average molecular weight is 323 g/mol. The zero-order valence-corrected chi connectivity index (χ0v) is 13.0. The maximum Gasteiger partial charge on any atom is 0.325 e. The third-order valence-corrected chi connectivity index (χ3v) is 3.95. The van der Waals surface area contributed by atoms with Gasteiger partial charge in [0.15, 0.2) is 0 Å². The number of phenolic OH excluding ortho intramolecular Hbond substituents is 1. The maximum absolute atomic E-state index is 12.2. The van der Waals surface area contributed by atoms with E-state index in [1.165, 1.54) is 0 Å². The van der Waals surface area contributed by atoms with Gasteiger partial charge in [-0.25, -0.2) is 0 Å². The molecular weight excluding hydrogens is 308 g/mol. The molecule has 0 aromatic heterocycles. The molecule has 0 spiro atoms. The molecule has 0 saturated carbocycles. The van der Waals surface area contributed by atoms with Gasteiger partial charge in [-0.05, 0) is 48.4 Å². The van der Waals surface area contributed by atoms with Crippen molar-refractivity contribution in [2.45, 2.75) is 24.2 Å². The summed E-state index contributed by atoms with van der Waals surface area (Å²) >= 11 is 6.94. The third-order valence-electron chi connectivity index (χ3n) is 3.00. The number of hydrogen-bond acceptors (Lipinski definition) is 4. The Bertz CT molecular complexity index is 613. The molecule has 1 unspecified atom stereocenters. The minimum Gasteiger partial charge on any atom is -0.508 e. The molecule has 0 aliphatic heterocycles. The van der Waals surface area contributed by atoms with Crippen molar-refractivity contribution in [3.63, 3.8) is 0 Å². The molecule has 0 radical (unpaired) electrons. The second kappa shape index (κ2) is 7.38. The average Bonchev–Trinajstić information content (AvgIpc) is 2.47. The zero-order valence-electron chi connectivity index (χ0n) is 11.5. The summed E-state index contributed by atoms with van der Waals surface area (Å²) in [6.45, 7) is 1.93. The number of halogens is 1. The second-order valence-corrected chi connectivity index (χ2v) is 5.74. The number of carbonyl (C=O) groups is 1. The first-order valence-electron chi connectivity index (χ1n) is 6.53. The molecule has 110 valence electrons. The predicted octanol–water partition coefficient (Wildman–Crippen LogP) is 4.79. The summed E-state index contributed by atoms with van der Waals surface area (Å²) in [4.78, 5) is 12.9. The Labute approximate surface area is 133 Å². The molecule has 1 atom stereocenters. The topological polar surface area (TPSA) is 46.5 Å². The van der Waals surface area contributed by atoms with Gasteiger partial charge in [-0.2, -0.15) is 0 Å². The summed E-state index contributed by atoms with van der Waals surface area (Å²) in [6.07, 6.45) is 0.634. The summed E-state index contributed by atoms with van der Waals surface area (Å²) in [5.74, 6) is -0.470. The van der Waals surface area contributed by atoms with Crippen LogP contribution >= 0.6 is 23.6 Å². The molecule has 2 rings (SSSR count). The minimum absolute atomic E-state index is 0.177. The van der Waals surface area contributed by atoms with Crippen LogP contribution < -0.4 is 0 Å². The van der Waals surface area contributed by atoms with Gasteiger partial charge in [-0.15, -0.1) is 0 Å². The van der Waals surface area contributed by atoms with Gasteiger partial charge in [0.25, 0.3) is 0 Å². The Hall–Kier alpha value is -1.65. The van der Waals surface area contributed by atoms with E-state index in [-0.39, 0.29) is 17.6 Å². The standard InChI is InChI=1S/C16H15ClO3S/c1-2-15(11-4-3-5-12(17)10-11)16(19)20-21-14-8-6-13(18)7-9-14/h3-10,15,18H,2H2,1H3. The summed E-state index contributed by atoms with van der Waals surface area (Å²) in [5, 5.41) is 9.81. The largest absolute Gasteiger partial charge is 0.508 e. The molecule has 5 heteroatoms. The summed E-state index contributed by atoms with van der Waals surface area (Å²) < 4.78 is 5.27. The molecule has 0 aliphatic rings. The molecule has 3 nitrogen and oxygen atoms in total. The van der Waals surface area contributed by atoms with Crippen molar-refractivity contribution in [1.29, 1.82) is 0 Å². The lowest BCUT2D eigenvalue weighted by molar-refractivity contribution is -0.134. The van der Waals surface area contributed by atoms with Crippen LogP contribution in [0.3, 0.4) is 0 Å². The summed E-state index contributed by atoms with van der Waals surface area (Å²) in [5.41, 5.74) is 0.848. The van der Waals surface area contributed by atoms with Crippen LogP contribution in [-0.4, -0.2) is 11.1 Å². The minimum atomic E-state index is -0.340. The van der Waals surface area contributed by atoms with Crippen molar-refractivity contribution >= 4 is 29.6 Å². The number of phenols is 1. The van der Waals surface area contributed by atoms with E-state index >= 15 is 0 Å². The molecule has 0 fully saturated rings. The van der Waals surface area contributed by atoms with Crippen LogP contribution in [0.2, 0.25) is 5.02 Å². The van der Waals surface area contributed by atoms with E-state index in [0.717, 1.165) is 22.5 Å². The number of hydrogen-bond donors (Lipinski definition) is 1. The van der Waals surface area contributed by atoms with E-state index in [9.17, 15) is 9.90 Å². The van der Waals surface area contributed by atoms with Crippen molar-refractivity contribution in [2.24, 2.45) is 0 Å². The van der Waals surface area contributed by atoms with Gasteiger partial charge in [-0.3, -0.25) is 4.79 Å². The zero-order chi connectivity index (χ0) is 15.2. The Morgan fingerprint density at radius 1 is 1.29 bits per heavy atom. The van der Waals surface area contributed by atoms with Crippen molar-refractivity contribution < 1.29 is 14.1 Å². The third kappa shape index (κ3) is 4.41. The smallest absolute Gasteiger partial charge is 0.325 e. The van der Waals surface area contributed by atoms with E-state index in [1.807, 2.05) is 19.1 Å². The molecular formula is C16H15ClO3S. The van der Waals surface area contributed by atoms with E-state index in [1.54, 1.807) is 36.4 Å². The maximum atomic E-state index is 12.2. The molecule has 2 aromatic rings. The van der Waals surface area contributed by atoms with Gasteiger partial charge in [-0.1, -0.05) is 30.7 Å². The predicted molar refractivity (Wildman–Crippen MR) is 84.5 cm³/mol. The van der Waals surface area contributed by atoms with Gasteiger partial charge in [0.05, 0.1) is 18.0 Å². The van der Waals surface area contributed by atoms with E-state index in [2.05, 4.69) is 0 Å². The fraction of sp³-hybridized carbons (Fsp3) is 0.188. The van der Waals surface area contributed by atoms with Crippen molar-refractivity contribution in [1.82, 2.24) is 0 Å². The normalized spacial score (nSPS) is 11.9. The van der Waals surface area contributed by atoms with Crippen LogP contribution in [0, 0.1) is 0 Å². The Kier molecular flexibility index (Phi) is 5.53. The first-order chi connectivity index (χ1) is 10.1. The highest BCUT2D eigenvalue weighted by Gasteiger charge is 2.21. The number of rotatable bonds is 5. The second-order valence-electron chi connectivity index (χ2n) is 4.50. The molecule has 1 N–H and O–H groups in total. The van der Waals surface area contributed by atoms with E-state index < -0.39 is 0 Å². The Morgan fingerprint density at radius 3 is 2.62 bits per heavy atom. The molecule has 0 saturated heterocycles. The Balaban J connectivity index is 2.02. The van der Waals surface area contributed by atoms with Crippen molar-refractivity contribution in [3.05, 3.63) is 59.1 Å². The van der Waals surface area contributed by atoms with Crippen LogP contribution in [0.1, 0.15) is 24.8 Å². The number of carbonyl (C=O) groups excluding carboxylic acids is 1. The molecule has 0 bridgehead atoms. The lowest BCUT2D eigenvalue weighted by atomic mass is 9.97. The quantitative estimate of drug-likeness (QED) is 0.804. The summed E-state index contributed by atoms with van der Waals surface area (Å²) in [7, 11) is 0. The van der Waals surface area contributed by atoms with Gasteiger partial charge in [0, 0.05) is 9.92 Å². The highest BCUT2D eigenvalue weighted by atomic mass is 35.5. The highest BCUT2D eigenvalue weighted by molar-refractivity contribution is 7.95. The molecule has 0 amide bonds. The number of aromatic hydroxyl groups is 1. The van der Waals surface area contributed by atoms with Crippen LogP contribution in [0.25, 0.3) is 0 Å².